The summed E-state index contributed by atoms with van der Waals surface area (Å²) in [6.45, 7) is 3.17. The number of nitrogens with one attached hydrogen (secondary N) is 2. The average molecular weight is 416 g/mol. The van der Waals surface area contributed by atoms with Gasteiger partial charge in [0.2, 0.25) is 11.8 Å². The molecule has 0 spiro atoms. The zero-order valence-corrected chi connectivity index (χ0v) is 17.4. The SMILES string of the molecule is COc1ccc(Cl)cc1NC(=O)[C@@H](C)N1CCC[C@H](C(=O)Nc2ccccc2)C1. The van der Waals surface area contributed by atoms with Gasteiger partial charge in [0.1, 0.15) is 5.75 Å². The molecule has 3 rings (SSSR count). The number of benzene rings is 2. The molecule has 154 valence electrons. The Hall–Kier alpha value is -2.57. The number of carbonyl (C=O) groups is 2. The van der Waals surface area contributed by atoms with E-state index >= 15 is 0 Å². The quantitative estimate of drug-likeness (QED) is 0.747. The number of piperidine rings is 1. The molecule has 1 saturated heterocycles. The molecule has 29 heavy (non-hydrogen) atoms. The highest BCUT2D eigenvalue weighted by Gasteiger charge is 2.31. The zero-order valence-electron chi connectivity index (χ0n) is 16.7. The molecule has 0 unspecified atom stereocenters. The second-order valence-corrected chi connectivity index (χ2v) is 7.64. The molecule has 2 aromatic rings. The number of anilines is 2. The van der Waals surface area contributed by atoms with Crippen LogP contribution in [0, 0.1) is 5.92 Å². The maximum atomic E-state index is 12.8. The molecule has 1 aliphatic heterocycles. The largest absolute Gasteiger partial charge is 0.495 e. The number of para-hydroxylation sites is 1. The van der Waals surface area contributed by atoms with Crippen LogP contribution in [0.25, 0.3) is 0 Å². The first kappa shape index (κ1) is 21.1. The van der Waals surface area contributed by atoms with E-state index in [1.807, 2.05) is 42.2 Å². The van der Waals surface area contributed by atoms with Crippen LogP contribution in [-0.2, 0) is 9.59 Å². The number of likely N-dealkylation sites (tertiary alicyclic amines) is 1. The summed E-state index contributed by atoms with van der Waals surface area (Å²) in [6, 6.07) is 14.1. The first-order valence-corrected chi connectivity index (χ1v) is 10.1. The van der Waals surface area contributed by atoms with Crippen LogP contribution in [-0.4, -0.2) is 43.0 Å². The minimum Gasteiger partial charge on any atom is -0.495 e. The number of nitrogens with zero attached hydrogens (tertiary/aromatic N) is 1. The molecule has 1 heterocycles. The van der Waals surface area contributed by atoms with Gasteiger partial charge in [-0.2, -0.15) is 0 Å². The summed E-state index contributed by atoms with van der Waals surface area (Å²) in [5.41, 5.74) is 1.32. The summed E-state index contributed by atoms with van der Waals surface area (Å²) in [4.78, 5) is 27.5. The number of hydrogen-bond donors (Lipinski definition) is 2. The van der Waals surface area contributed by atoms with Gasteiger partial charge in [-0.1, -0.05) is 29.8 Å². The Labute approximate surface area is 176 Å². The van der Waals surface area contributed by atoms with Crippen LogP contribution in [0.3, 0.4) is 0 Å². The van der Waals surface area contributed by atoms with Crippen molar-refractivity contribution in [2.24, 2.45) is 5.92 Å². The van der Waals surface area contributed by atoms with E-state index < -0.39 is 0 Å². The Kier molecular flexibility index (Phi) is 7.12. The van der Waals surface area contributed by atoms with Crippen molar-refractivity contribution in [3.05, 3.63) is 53.6 Å². The molecule has 0 bridgehead atoms. The molecule has 2 N–H and O–H groups in total. The van der Waals surface area contributed by atoms with Gasteiger partial charge in [0.25, 0.3) is 0 Å². The first-order chi connectivity index (χ1) is 14.0. The van der Waals surface area contributed by atoms with E-state index in [0.29, 0.717) is 23.0 Å². The van der Waals surface area contributed by atoms with Gasteiger partial charge in [0.15, 0.2) is 0 Å². The van der Waals surface area contributed by atoms with Crippen LogP contribution in [0.5, 0.6) is 5.75 Å². The Morgan fingerprint density at radius 1 is 1.17 bits per heavy atom. The Balaban J connectivity index is 1.61. The minimum atomic E-state index is -0.383. The van der Waals surface area contributed by atoms with Gasteiger partial charge < -0.3 is 15.4 Å². The maximum Gasteiger partial charge on any atom is 0.241 e. The number of rotatable bonds is 6. The average Bonchev–Trinajstić information content (AvgIpc) is 2.74. The lowest BCUT2D eigenvalue weighted by Crippen LogP contribution is -2.49. The first-order valence-electron chi connectivity index (χ1n) is 9.72. The van der Waals surface area contributed by atoms with Gasteiger partial charge in [-0.15, -0.1) is 0 Å². The molecule has 0 aromatic heterocycles. The van der Waals surface area contributed by atoms with E-state index in [0.717, 1.165) is 25.1 Å². The van der Waals surface area contributed by atoms with Gasteiger partial charge in [-0.05, 0) is 56.6 Å². The third-order valence-corrected chi connectivity index (χ3v) is 5.45. The molecule has 1 fully saturated rings. The summed E-state index contributed by atoms with van der Waals surface area (Å²) in [5, 5.41) is 6.37. The van der Waals surface area contributed by atoms with Gasteiger partial charge in [0, 0.05) is 17.3 Å². The van der Waals surface area contributed by atoms with Crippen molar-refractivity contribution < 1.29 is 14.3 Å². The predicted molar refractivity (Wildman–Crippen MR) is 115 cm³/mol. The van der Waals surface area contributed by atoms with E-state index in [-0.39, 0.29) is 23.8 Å². The number of ether oxygens (including phenoxy) is 1. The highest BCUT2D eigenvalue weighted by Crippen LogP contribution is 2.28. The lowest BCUT2D eigenvalue weighted by atomic mass is 9.95. The van der Waals surface area contributed by atoms with Crippen molar-refractivity contribution in [3.63, 3.8) is 0 Å². The summed E-state index contributed by atoms with van der Waals surface area (Å²) in [7, 11) is 1.54. The summed E-state index contributed by atoms with van der Waals surface area (Å²) in [6.07, 6.45) is 1.68. The number of methoxy groups -OCH3 is 1. The molecule has 7 heteroatoms. The van der Waals surface area contributed by atoms with Crippen LogP contribution in [0.2, 0.25) is 5.02 Å². The summed E-state index contributed by atoms with van der Waals surface area (Å²) < 4.78 is 5.29. The van der Waals surface area contributed by atoms with Crippen molar-refractivity contribution >= 4 is 34.8 Å². The second-order valence-electron chi connectivity index (χ2n) is 7.20. The van der Waals surface area contributed by atoms with E-state index in [2.05, 4.69) is 10.6 Å². The highest BCUT2D eigenvalue weighted by molar-refractivity contribution is 6.31. The fourth-order valence-electron chi connectivity index (χ4n) is 3.52. The molecule has 2 amide bonds. The van der Waals surface area contributed by atoms with Crippen molar-refractivity contribution in [1.82, 2.24) is 4.90 Å². The summed E-state index contributed by atoms with van der Waals surface area (Å²) >= 11 is 6.04. The Morgan fingerprint density at radius 3 is 2.66 bits per heavy atom. The topological polar surface area (TPSA) is 70.7 Å². The van der Waals surface area contributed by atoms with Crippen molar-refractivity contribution in [2.45, 2.75) is 25.8 Å². The van der Waals surface area contributed by atoms with Crippen molar-refractivity contribution in [2.75, 3.05) is 30.8 Å². The van der Waals surface area contributed by atoms with Crippen molar-refractivity contribution in [3.8, 4) is 5.75 Å². The highest BCUT2D eigenvalue weighted by atomic mass is 35.5. The van der Waals surface area contributed by atoms with E-state index in [4.69, 9.17) is 16.3 Å². The van der Waals surface area contributed by atoms with Gasteiger partial charge in [0.05, 0.1) is 24.8 Å². The molecule has 6 nitrogen and oxygen atoms in total. The van der Waals surface area contributed by atoms with E-state index in [1.54, 1.807) is 25.3 Å². The number of carbonyl (C=O) groups excluding carboxylic acids is 2. The molecule has 0 saturated carbocycles. The van der Waals surface area contributed by atoms with Crippen LogP contribution in [0.1, 0.15) is 19.8 Å². The zero-order chi connectivity index (χ0) is 20.8. The number of amides is 2. The van der Waals surface area contributed by atoms with E-state index in [1.165, 1.54) is 0 Å². The lowest BCUT2D eigenvalue weighted by molar-refractivity contribution is -0.125. The Bertz CT molecular complexity index is 860. The number of halogens is 1. The third-order valence-electron chi connectivity index (χ3n) is 5.21. The van der Waals surface area contributed by atoms with Gasteiger partial charge in [-0.25, -0.2) is 0 Å². The monoisotopic (exact) mass is 415 g/mol. The van der Waals surface area contributed by atoms with Crippen LogP contribution >= 0.6 is 11.6 Å². The van der Waals surface area contributed by atoms with Crippen molar-refractivity contribution in [1.29, 1.82) is 0 Å². The standard InChI is InChI=1S/C22H26ClN3O3/c1-15(21(27)25-19-13-17(23)10-11-20(19)29-2)26-12-6-7-16(14-26)22(28)24-18-8-4-3-5-9-18/h3-5,8-11,13,15-16H,6-7,12,14H2,1-2H3,(H,24,28)(H,25,27)/t15-,16+/m1/s1. The molecule has 2 aromatic carbocycles. The van der Waals surface area contributed by atoms with Crippen LogP contribution in [0.15, 0.2) is 48.5 Å². The third kappa shape index (κ3) is 5.49. The Morgan fingerprint density at radius 2 is 1.93 bits per heavy atom. The maximum absolute atomic E-state index is 12.8. The lowest BCUT2D eigenvalue weighted by Gasteiger charge is -2.35. The summed E-state index contributed by atoms with van der Waals surface area (Å²) in [5.74, 6) is 0.230. The van der Waals surface area contributed by atoms with Gasteiger partial charge in [-0.3, -0.25) is 14.5 Å². The van der Waals surface area contributed by atoms with Crippen LogP contribution in [0.4, 0.5) is 11.4 Å². The fraction of sp³-hybridized carbons (Fsp3) is 0.364. The molecule has 0 aliphatic carbocycles. The fourth-order valence-corrected chi connectivity index (χ4v) is 3.69. The predicted octanol–water partition coefficient (Wildman–Crippen LogP) is 4.03. The normalized spacial score (nSPS) is 18.0. The minimum absolute atomic E-state index is 0.00924. The molecular formula is C22H26ClN3O3. The molecule has 0 radical (unpaired) electrons. The van der Waals surface area contributed by atoms with E-state index in [9.17, 15) is 9.59 Å². The van der Waals surface area contributed by atoms with Gasteiger partial charge >= 0.3 is 0 Å². The molecular weight excluding hydrogens is 390 g/mol. The number of hydrogen-bond acceptors (Lipinski definition) is 4. The van der Waals surface area contributed by atoms with Crippen LogP contribution < -0.4 is 15.4 Å². The molecule has 1 aliphatic rings. The second kappa shape index (κ2) is 9.76. The smallest absolute Gasteiger partial charge is 0.241 e. The molecule has 2 atom stereocenters.